The zero-order chi connectivity index (χ0) is 16.8. The van der Waals surface area contributed by atoms with Gasteiger partial charge in [0.2, 0.25) is 5.89 Å². The van der Waals surface area contributed by atoms with E-state index in [1.165, 1.54) is 11.8 Å². The maximum Gasteiger partial charge on any atom is 0.276 e. The molecule has 0 aliphatic rings. The minimum Gasteiger partial charge on any atom is -0.497 e. The highest BCUT2D eigenvalue weighted by molar-refractivity contribution is 7.99. The molecule has 0 fully saturated rings. The standard InChI is InChI=1S/C18H18N2O3S/c1-13-5-3-4-6-16(13)22-11-12-24-18-20-19-17(23-18)14-7-9-15(21-2)10-8-14/h3-10H,11-12H2,1-2H3. The maximum atomic E-state index is 5.75. The van der Waals surface area contributed by atoms with E-state index in [2.05, 4.69) is 10.2 Å². The first-order chi connectivity index (χ1) is 11.8. The van der Waals surface area contributed by atoms with Crippen molar-refractivity contribution >= 4 is 11.8 Å². The second-order valence-electron chi connectivity index (χ2n) is 5.06. The predicted molar refractivity (Wildman–Crippen MR) is 93.7 cm³/mol. The fourth-order valence-corrected chi connectivity index (χ4v) is 2.70. The Kier molecular flexibility index (Phi) is 5.38. The molecule has 0 saturated carbocycles. The molecule has 0 aliphatic carbocycles. The summed E-state index contributed by atoms with van der Waals surface area (Å²) in [6.45, 7) is 2.61. The zero-order valence-corrected chi connectivity index (χ0v) is 14.4. The average Bonchev–Trinajstić information content (AvgIpc) is 3.09. The number of aromatic nitrogens is 2. The van der Waals surface area contributed by atoms with Crippen molar-refractivity contribution in [3.8, 4) is 23.0 Å². The van der Waals surface area contributed by atoms with Gasteiger partial charge in [0.1, 0.15) is 11.5 Å². The van der Waals surface area contributed by atoms with E-state index in [0.717, 1.165) is 28.4 Å². The monoisotopic (exact) mass is 342 g/mol. The highest BCUT2D eigenvalue weighted by atomic mass is 32.2. The minimum atomic E-state index is 0.500. The van der Waals surface area contributed by atoms with Crippen molar-refractivity contribution in [3.05, 3.63) is 54.1 Å². The Hall–Kier alpha value is -2.47. The first kappa shape index (κ1) is 16.4. The first-order valence-corrected chi connectivity index (χ1v) is 8.54. The van der Waals surface area contributed by atoms with Gasteiger partial charge in [-0.05, 0) is 42.8 Å². The van der Waals surface area contributed by atoms with Crippen LogP contribution < -0.4 is 9.47 Å². The third kappa shape index (κ3) is 4.08. The molecule has 0 aliphatic heterocycles. The number of rotatable bonds is 7. The van der Waals surface area contributed by atoms with Gasteiger partial charge in [0.15, 0.2) is 0 Å². The number of methoxy groups -OCH3 is 1. The van der Waals surface area contributed by atoms with Crippen molar-refractivity contribution in [2.24, 2.45) is 0 Å². The molecule has 24 heavy (non-hydrogen) atoms. The number of benzene rings is 2. The van der Waals surface area contributed by atoms with E-state index in [9.17, 15) is 0 Å². The van der Waals surface area contributed by atoms with E-state index < -0.39 is 0 Å². The Morgan fingerprint density at radius 1 is 1.04 bits per heavy atom. The van der Waals surface area contributed by atoms with Crippen LogP contribution in [0.3, 0.4) is 0 Å². The van der Waals surface area contributed by atoms with Crippen molar-refractivity contribution in [1.82, 2.24) is 10.2 Å². The molecule has 124 valence electrons. The van der Waals surface area contributed by atoms with Crippen LogP contribution in [0.1, 0.15) is 5.56 Å². The van der Waals surface area contributed by atoms with Crippen molar-refractivity contribution in [3.63, 3.8) is 0 Å². The molecule has 5 nitrogen and oxygen atoms in total. The summed E-state index contributed by atoms with van der Waals surface area (Å²) < 4.78 is 16.6. The van der Waals surface area contributed by atoms with Gasteiger partial charge in [0, 0.05) is 11.3 Å². The van der Waals surface area contributed by atoms with Gasteiger partial charge in [-0.3, -0.25) is 0 Å². The summed E-state index contributed by atoms with van der Waals surface area (Å²) in [6, 6.07) is 15.5. The minimum absolute atomic E-state index is 0.500. The lowest BCUT2D eigenvalue weighted by Gasteiger charge is -2.07. The molecule has 0 unspecified atom stereocenters. The third-order valence-electron chi connectivity index (χ3n) is 3.40. The van der Waals surface area contributed by atoms with E-state index in [1.54, 1.807) is 7.11 Å². The van der Waals surface area contributed by atoms with Crippen molar-refractivity contribution in [1.29, 1.82) is 0 Å². The summed E-state index contributed by atoms with van der Waals surface area (Å²) in [4.78, 5) is 0. The van der Waals surface area contributed by atoms with Gasteiger partial charge < -0.3 is 13.9 Å². The molecule has 2 aromatic carbocycles. The fraction of sp³-hybridized carbons (Fsp3) is 0.222. The molecule has 3 rings (SSSR count). The molecule has 0 atom stereocenters. The molecule has 0 spiro atoms. The molecule has 1 aromatic heterocycles. The number of hydrogen-bond acceptors (Lipinski definition) is 6. The maximum absolute atomic E-state index is 5.75. The van der Waals surface area contributed by atoms with Crippen LogP contribution in [0.2, 0.25) is 0 Å². The van der Waals surface area contributed by atoms with E-state index >= 15 is 0 Å². The summed E-state index contributed by atoms with van der Waals surface area (Å²) >= 11 is 1.48. The molecular weight excluding hydrogens is 324 g/mol. The van der Waals surface area contributed by atoms with Gasteiger partial charge in [0.05, 0.1) is 13.7 Å². The largest absolute Gasteiger partial charge is 0.497 e. The van der Waals surface area contributed by atoms with E-state index in [-0.39, 0.29) is 0 Å². The van der Waals surface area contributed by atoms with Crippen LogP contribution in [0.25, 0.3) is 11.5 Å². The third-order valence-corrected chi connectivity index (χ3v) is 4.19. The van der Waals surface area contributed by atoms with Gasteiger partial charge in [-0.15, -0.1) is 10.2 Å². The smallest absolute Gasteiger partial charge is 0.276 e. The van der Waals surface area contributed by atoms with Crippen LogP contribution in [0, 0.1) is 6.92 Å². The van der Waals surface area contributed by atoms with Crippen LogP contribution in [-0.2, 0) is 0 Å². The molecule has 6 heteroatoms. The SMILES string of the molecule is COc1ccc(-c2nnc(SCCOc3ccccc3C)o2)cc1. The van der Waals surface area contributed by atoms with Crippen molar-refractivity contribution in [2.45, 2.75) is 12.1 Å². The van der Waals surface area contributed by atoms with Crippen molar-refractivity contribution in [2.75, 3.05) is 19.5 Å². The molecule has 0 saturated heterocycles. The summed E-state index contributed by atoms with van der Waals surface area (Å²) in [7, 11) is 1.63. The Morgan fingerprint density at radius 2 is 1.83 bits per heavy atom. The average molecular weight is 342 g/mol. The highest BCUT2D eigenvalue weighted by Crippen LogP contribution is 2.25. The predicted octanol–water partition coefficient (Wildman–Crippen LogP) is 4.22. The fourth-order valence-electron chi connectivity index (χ4n) is 2.12. The van der Waals surface area contributed by atoms with E-state index in [1.807, 2.05) is 55.5 Å². The second-order valence-corrected chi connectivity index (χ2v) is 6.11. The Morgan fingerprint density at radius 3 is 2.58 bits per heavy atom. The Bertz CT molecular complexity index is 787. The summed E-state index contributed by atoms with van der Waals surface area (Å²) in [5.41, 5.74) is 1.99. The van der Waals surface area contributed by atoms with E-state index in [0.29, 0.717) is 17.7 Å². The van der Waals surface area contributed by atoms with Crippen LogP contribution in [0.4, 0.5) is 0 Å². The van der Waals surface area contributed by atoms with Crippen LogP contribution in [0.15, 0.2) is 58.2 Å². The molecule has 0 radical (unpaired) electrons. The number of ether oxygens (including phenoxy) is 2. The normalized spacial score (nSPS) is 10.6. The molecular formula is C18H18N2O3S. The van der Waals surface area contributed by atoms with Gasteiger partial charge >= 0.3 is 0 Å². The molecule has 3 aromatic rings. The zero-order valence-electron chi connectivity index (χ0n) is 13.6. The number of aryl methyl sites for hydroxylation is 1. The Balaban J connectivity index is 1.51. The van der Waals surface area contributed by atoms with Gasteiger partial charge in [-0.2, -0.15) is 0 Å². The Labute approximate surface area is 145 Å². The van der Waals surface area contributed by atoms with Gasteiger partial charge in [0.25, 0.3) is 5.22 Å². The number of thioether (sulfide) groups is 1. The topological polar surface area (TPSA) is 57.4 Å². The summed E-state index contributed by atoms with van der Waals surface area (Å²) in [5, 5.41) is 8.67. The molecule has 1 heterocycles. The van der Waals surface area contributed by atoms with E-state index in [4.69, 9.17) is 13.9 Å². The quantitative estimate of drug-likeness (QED) is 0.473. The second kappa shape index (κ2) is 7.88. The van der Waals surface area contributed by atoms with Crippen LogP contribution >= 0.6 is 11.8 Å². The van der Waals surface area contributed by atoms with Crippen LogP contribution in [-0.4, -0.2) is 29.7 Å². The lowest BCUT2D eigenvalue weighted by molar-refractivity contribution is 0.341. The van der Waals surface area contributed by atoms with Crippen molar-refractivity contribution < 1.29 is 13.9 Å². The number of para-hydroxylation sites is 1. The van der Waals surface area contributed by atoms with Crippen LogP contribution in [0.5, 0.6) is 11.5 Å². The number of hydrogen-bond donors (Lipinski definition) is 0. The summed E-state index contributed by atoms with van der Waals surface area (Å²) in [6.07, 6.45) is 0. The van der Waals surface area contributed by atoms with Gasteiger partial charge in [-0.25, -0.2) is 0 Å². The number of nitrogens with zero attached hydrogens (tertiary/aromatic N) is 2. The molecule has 0 N–H and O–H groups in total. The lowest BCUT2D eigenvalue weighted by Crippen LogP contribution is -2.01. The molecule has 0 amide bonds. The summed E-state index contributed by atoms with van der Waals surface area (Å²) in [5.74, 6) is 2.93. The first-order valence-electron chi connectivity index (χ1n) is 7.55. The van der Waals surface area contributed by atoms with Gasteiger partial charge in [-0.1, -0.05) is 30.0 Å². The lowest BCUT2D eigenvalue weighted by atomic mass is 10.2. The molecule has 0 bridgehead atoms. The highest BCUT2D eigenvalue weighted by Gasteiger charge is 2.09.